The minimum atomic E-state index is 0.0426. The van der Waals surface area contributed by atoms with E-state index in [-0.39, 0.29) is 12.5 Å². The molecule has 0 unspecified atom stereocenters. The molecule has 1 fully saturated rings. The van der Waals surface area contributed by atoms with Crippen molar-refractivity contribution in [2.24, 2.45) is 0 Å². The lowest BCUT2D eigenvalue weighted by Crippen LogP contribution is -2.50. The average molecular weight is 339 g/mol. The number of pyridine rings is 1. The first-order chi connectivity index (χ1) is 12.1. The molecule has 1 aliphatic heterocycles. The highest BCUT2D eigenvalue weighted by Crippen LogP contribution is 2.25. The zero-order chi connectivity index (χ0) is 17.8. The number of nitrogens with zero attached hydrogens (tertiary/aromatic N) is 3. The van der Waals surface area contributed by atoms with Gasteiger partial charge in [0.15, 0.2) is 6.61 Å². The summed E-state index contributed by atoms with van der Waals surface area (Å²) in [4.78, 5) is 20.9. The van der Waals surface area contributed by atoms with Crippen LogP contribution in [0.3, 0.4) is 0 Å². The van der Waals surface area contributed by atoms with Gasteiger partial charge in [-0.05, 0) is 49.6 Å². The standard InChI is InChI=1S/C20H25N3O2/c1-15-7-8-16(2)20(17(15)3)25-14-19(24)23-12-10-22(11-13-23)18-6-4-5-9-21-18/h4-9H,10-14H2,1-3H3. The second-order valence-electron chi connectivity index (χ2n) is 6.50. The van der Waals surface area contributed by atoms with Crippen molar-refractivity contribution in [2.45, 2.75) is 20.8 Å². The maximum atomic E-state index is 12.5. The summed E-state index contributed by atoms with van der Waals surface area (Å²) < 4.78 is 5.86. The molecule has 0 spiro atoms. The van der Waals surface area contributed by atoms with Crippen molar-refractivity contribution >= 4 is 11.7 Å². The van der Waals surface area contributed by atoms with Crippen molar-refractivity contribution in [3.63, 3.8) is 0 Å². The number of rotatable bonds is 4. The van der Waals surface area contributed by atoms with Crippen molar-refractivity contribution in [1.29, 1.82) is 0 Å². The Morgan fingerprint density at radius 1 is 1.04 bits per heavy atom. The maximum absolute atomic E-state index is 12.5. The number of aryl methyl sites for hydroxylation is 2. The van der Waals surface area contributed by atoms with Gasteiger partial charge in [0.25, 0.3) is 5.91 Å². The number of piperazine rings is 1. The van der Waals surface area contributed by atoms with E-state index in [4.69, 9.17) is 4.74 Å². The molecular weight excluding hydrogens is 314 g/mol. The second-order valence-corrected chi connectivity index (χ2v) is 6.50. The van der Waals surface area contributed by atoms with Gasteiger partial charge >= 0.3 is 0 Å². The van der Waals surface area contributed by atoms with E-state index in [0.29, 0.717) is 13.1 Å². The lowest BCUT2D eigenvalue weighted by molar-refractivity contribution is -0.133. The van der Waals surface area contributed by atoms with E-state index in [9.17, 15) is 4.79 Å². The van der Waals surface area contributed by atoms with Gasteiger partial charge in [0.05, 0.1) is 0 Å². The van der Waals surface area contributed by atoms with Gasteiger partial charge in [-0.15, -0.1) is 0 Å². The first kappa shape index (κ1) is 17.3. The summed E-state index contributed by atoms with van der Waals surface area (Å²) >= 11 is 0. The molecule has 1 amide bonds. The summed E-state index contributed by atoms with van der Waals surface area (Å²) in [6, 6.07) is 10.0. The van der Waals surface area contributed by atoms with E-state index in [2.05, 4.69) is 22.9 Å². The molecule has 5 heteroatoms. The number of hydrogen-bond acceptors (Lipinski definition) is 4. The second kappa shape index (κ2) is 7.55. The Kier molecular flexibility index (Phi) is 5.22. The number of carbonyl (C=O) groups excluding carboxylic acids is 1. The molecule has 3 rings (SSSR count). The molecule has 1 saturated heterocycles. The molecule has 0 aliphatic carbocycles. The van der Waals surface area contributed by atoms with E-state index in [1.54, 1.807) is 6.20 Å². The Bertz CT molecular complexity index is 738. The molecule has 0 radical (unpaired) electrons. The first-order valence-electron chi connectivity index (χ1n) is 8.69. The van der Waals surface area contributed by atoms with Crippen molar-refractivity contribution in [1.82, 2.24) is 9.88 Å². The van der Waals surface area contributed by atoms with Crippen LogP contribution in [0.5, 0.6) is 5.75 Å². The third-order valence-corrected chi connectivity index (χ3v) is 4.82. The Morgan fingerprint density at radius 3 is 2.44 bits per heavy atom. The number of hydrogen-bond donors (Lipinski definition) is 0. The van der Waals surface area contributed by atoms with Crippen LogP contribution < -0.4 is 9.64 Å². The van der Waals surface area contributed by atoms with Gasteiger partial charge < -0.3 is 14.5 Å². The summed E-state index contributed by atoms with van der Waals surface area (Å²) in [7, 11) is 0. The topological polar surface area (TPSA) is 45.7 Å². The number of ether oxygens (including phenoxy) is 1. The van der Waals surface area contributed by atoms with Gasteiger partial charge in [-0.1, -0.05) is 18.2 Å². The van der Waals surface area contributed by atoms with Crippen LogP contribution in [-0.2, 0) is 4.79 Å². The summed E-state index contributed by atoms with van der Waals surface area (Å²) in [5.74, 6) is 1.85. The highest BCUT2D eigenvalue weighted by atomic mass is 16.5. The van der Waals surface area contributed by atoms with Crippen LogP contribution >= 0.6 is 0 Å². The predicted molar refractivity (Wildman–Crippen MR) is 99.2 cm³/mol. The number of anilines is 1. The fourth-order valence-corrected chi connectivity index (χ4v) is 3.10. The third kappa shape index (κ3) is 3.92. The quantitative estimate of drug-likeness (QED) is 0.859. The summed E-state index contributed by atoms with van der Waals surface area (Å²) in [6.07, 6.45) is 1.80. The van der Waals surface area contributed by atoms with E-state index < -0.39 is 0 Å². The number of aromatic nitrogens is 1. The fraction of sp³-hybridized carbons (Fsp3) is 0.400. The average Bonchev–Trinajstić information content (AvgIpc) is 2.65. The van der Waals surface area contributed by atoms with Crippen LogP contribution in [0.2, 0.25) is 0 Å². The van der Waals surface area contributed by atoms with Crippen LogP contribution in [0, 0.1) is 20.8 Å². The molecule has 0 N–H and O–H groups in total. The Labute approximate surface area is 149 Å². The largest absolute Gasteiger partial charge is 0.483 e. The number of carbonyl (C=O) groups is 1. The minimum Gasteiger partial charge on any atom is -0.483 e. The summed E-state index contributed by atoms with van der Waals surface area (Å²) in [5, 5.41) is 0. The monoisotopic (exact) mass is 339 g/mol. The normalized spacial score (nSPS) is 14.5. The van der Waals surface area contributed by atoms with Gasteiger partial charge in [-0.25, -0.2) is 4.98 Å². The minimum absolute atomic E-state index is 0.0426. The predicted octanol–water partition coefficient (Wildman–Crippen LogP) is 2.73. The molecule has 5 nitrogen and oxygen atoms in total. The molecule has 25 heavy (non-hydrogen) atoms. The zero-order valence-corrected chi connectivity index (χ0v) is 15.2. The van der Waals surface area contributed by atoms with Crippen LogP contribution in [0.15, 0.2) is 36.5 Å². The van der Waals surface area contributed by atoms with Crippen LogP contribution in [0.25, 0.3) is 0 Å². The molecule has 1 aromatic carbocycles. The molecular formula is C20H25N3O2. The molecule has 2 heterocycles. The summed E-state index contributed by atoms with van der Waals surface area (Å²) in [5.41, 5.74) is 3.35. The Balaban J connectivity index is 1.54. The van der Waals surface area contributed by atoms with Crippen LogP contribution in [0.4, 0.5) is 5.82 Å². The van der Waals surface area contributed by atoms with Crippen molar-refractivity contribution in [2.75, 3.05) is 37.7 Å². The van der Waals surface area contributed by atoms with Crippen molar-refractivity contribution in [3.8, 4) is 5.75 Å². The highest BCUT2D eigenvalue weighted by molar-refractivity contribution is 5.78. The zero-order valence-electron chi connectivity index (χ0n) is 15.2. The Hall–Kier alpha value is -2.56. The van der Waals surface area contributed by atoms with Gasteiger partial charge in [-0.2, -0.15) is 0 Å². The lowest BCUT2D eigenvalue weighted by Gasteiger charge is -2.35. The van der Waals surface area contributed by atoms with E-state index in [1.165, 1.54) is 5.56 Å². The smallest absolute Gasteiger partial charge is 0.260 e. The molecule has 0 bridgehead atoms. The molecule has 2 aromatic rings. The molecule has 0 atom stereocenters. The van der Waals surface area contributed by atoms with E-state index >= 15 is 0 Å². The van der Waals surface area contributed by atoms with Gasteiger partial charge in [0.2, 0.25) is 0 Å². The first-order valence-corrected chi connectivity index (χ1v) is 8.69. The van der Waals surface area contributed by atoms with Crippen molar-refractivity contribution < 1.29 is 9.53 Å². The van der Waals surface area contributed by atoms with Crippen LogP contribution in [-0.4, -0.2) is 48.6 Å². The van der Waals surface area contributed by atoms with Crippen molar-refractivity contribution in [3.05, 3.63) is 53.2 Å². The molecule has 132 valence electrons. The lowest BCUT2D eigenvalue weighted by atomic mass is 10.1. The van der Waals surface area contributed by atoms with E-state index in [0.717, 1.165) is 35.8 Å². The molecule has 1 aromatic heterocycles. The molecule has 0 saturated carbocycles. The van der Waals surface area contributed by atoms with Gasteiger partial charge in [-0.3, -0.25) is 4.79 Å². The SMILES string of the molecule is Cc1ccc(C)c(OCC(=O)N2CCN(c3ccccn3)CC2)c1C. The summed E-state index contributed by atoms with van der Waals surface area (Å²) in [6.45, 7) is 9.19. The Morgan fingerprint density at radius 2 is 1.76 bits per heavy atom. The number of benzene rings is 1. The van der Waals surface area contributed by atoms with Crippen LogP contribution in [0.1, 0.15) is 16.7 Å². The van der Waals surface area contributed by atoms with Gasteiger partial charge in [0, 0.05) is 32.4 Å². The fourth-order valence-electron chi connectivity index (χ4n) is 3.10. The maximum Gasteiger partial charge on any atom is 0.260 e. The number of amides is 1. The highest BCUT2D eigenvalue weighted by Gasteiger charge is 2.22. The van der Waals surface area contributed by atoms with E-state index in [1.807, 2.05) is 43.0 Å². The third-order valence-electron chi connectivity index (χ3n) is 4.82. The molecule has 1 aliphatic rings. The van der Waals surface area contributed by atoms with Gasteiger partial charge in [0.1, 0.15) is 11.6 Å².